The van der Waals surface area contributed by atoms with Gasteiger partial charge in [-0.15, -0.1) is 0 Å². The summed E-state index contributed by atoms with van der Waals surface area (Å²) in [5, 5.41) is 0. The largest absolute Gasteiger partial charge is 0.519 e. The summed E-state index contributed by atoms with van der Waals surface area (Å²) in [6.45, 7) is 0. The summed E-state index contributed by atoms with van der Waals surface area (Å²) in [4.78, 5) is -0.543. The van der Waals surface area contributed by atoms with Crippen LogP contribution in [0, 0.1) is 5.82 Å². The number of hydrogen-bond acceptors (Lipinski definition) is 3. The first-order chi connectivity index (χ1) is 7.96. The SMILES string of the molecule is O=S(=O)(N=S(=O)(Cl)c1ccc(F)cc1)C(F)(F)F. The molecule has 0 aliphatic heterocycles. The molecule has 0 saturated heterocycles. The fraction of sp³-hybridized carbons (Fsp3) is 0.143. The van der Waals surface area contributed by atoms with E-state index in [0.29, 0.717) is 0 Å². The molecule has 102 valence electrons. The van der Waals surface area contributed by atoms with Gasteiger partial charge in [0.2, 0.25) is 0 Å². The molecule has 0 fully saturated rings. The Morgan fingerprint density at radius 3 is 1.89 bits per heavy atom. The van der Waals surface area contributed by atoms with Crippen LogP contribution >= 0.6 is 10.7 Å². The molecule has 0 saturated carbocycles. The van der Waals surface area contributed by atoms with Crippen molar-refractivity contribution in [2.75, 3.05) is 0 Å². The van der Waals surface area contributed by atoms with Crippen molar-refractivity contribution in [1.29, 1.82) is 0 Å². The number of alkyl halides is 3. The molecule has 0 aliphatic carbocycles. The number of sulfonamides is 1. The van der Waals surface area contributed by atoms with Gasteiger partial charge in [-0.25, -0.2) is 8.60 Å². The van der Waals surface area contributed by atoms with Crippen LogP contribution in [0.4, 0.5) is 17.6 Å². The Hall–Kier alpha value is -0.870. The molecule has 18 heavy (non-hydrogen) atoms. The Balaban J connectivity index is 3.40. The fourth-order valence-electron chi connectivity index (χ4n) is 0.814. The van der Waals surface area contributed by atoms with E-state index in [0.717, 1.165) is 24.3 Å². The number of nitrogens with zero attached hydrogens (tertiary/aromatic N) is 1. The molecule has 0 amide bonds. The predicted molar refractivity (Wildman–Crippen MR) is 56.1 cm³/mol. The summed E-state index contributed by atoms with van der Waals surface area (Å²) in [5.74, 6) is -0.760. The lowest BCUT2D eigenvalue weighted by atomic mass is 10.4. The van der Waals surface area contributed by atoms with Crippen LogP contribution in [0.25, 0.3) is 0 Å². The maximum atomic E-state index is 12.5. The van der Waals surface area contributed by atoms with Gasteiger partial charge < -0.3 is 0 Å². The third-order valence-corrected chi connectivity index (χ3v) is 5.62. The molecular weight excluding hydrogens is 322 g/mol. The van der Waals surface area contributed by atoms with E-state index in [1.54, 1.807) is 0 Å². The minimum absolute atomic E-state index is 0.543. The maximum Gasteiger partial charge on any atom is 0.519 e. The average Bonchev–Trinajstić information content (AvgIpc) is 2.14. The Bertz CT molecular complexity index is 659. The molecule has 0 bridgehead atoms. The van der Waals surface area contributed by atoms with E-state index in [4.69, 9.17) is 10.7 Å². The number of benzene rings is 1. The number of halogens is 5. The number of rotatable bonds is 2. The third-order valence-electron chi connectivity index (χ3n) is 1.59. The van der Waals surface area contributed by atoms with Gasteiger partial charge in [-0.3, -0.25) is 0 Å². The first-order valence-corrected chi connectivity index (χ1v) is 7.79. The molecule has 0 heterocycles. The molecule has 0 spiro atoms. The summed E-state index contributed by atoms with van der Waals surface area (Å²) in [6.07, 6.45) is 0. The molecule has 1 unspecified atom stereocenters. The highest BCUT2D eigenvalue weighted by atomic mass is 35.7. The second-order valence-electron chi connectivity index (χ2n) is 2.91. The van der Waals surface area contributed by atoms with E-state index in [1.165, 1.54) is 0 Å². The van der Waals surface area contributed by atoms with Gasteiger partial charge in [-0.1, -0.05) is 3.77 Å². The van der Waals surface area contributed by atoms with Crippen LogP contribution in [0.3, 0.4) is 0 Å². The van der Waals surface area contributed by atoms with Crippen LogP contribution in [-0.2, 0) is 19.0 Å². The van der Waals surface area contributed by atoms with Crippen molar-refractivity contribution in [2.45, 2.75) is 10.4 Å². The molecule has 0 N–H and O–H groups in total. The van der Waals surface area contributed by atoms with Crippen LogP contribution in [0.1, 0.15) is 0 Å². The van der Waals surface area contributed by atoms with E-state index in [-0.39, 0.29) is 0 Å². The normalized spacial score (nSPS) is 16.1. The van der Waals surface area contributed by atoms with Crippen molar-refractivity contribution >= 4 is 29.6 Å². The van der Waals surface area contributed by atoms with E-state index in [9.17, 15) is 30.2 Å². The maximum absolute atomic E-state index is 12.5. The molecule has 1 rings (SSSR count). The van der Waals surface area contributed by atoms with Crippen LogP contribution in [0.5, 0.6) is 0 Å². The summed E-state index contributed by atoms with van der Waals surface area (Å²) in [7, 11) is -5.17. The zero-order valence-electron chi connectivity index (χ0n) is 8.19. The van der Waals surface area contributed by atoms with Gasteiger partial charge in [-0.2, -0.15) is 21.6 Å². The highest BCUT2D eigenvalue weighted by Crippen LogP contribution is 2.29. The van der Waals surface area contributed by atoms with Crippen molar-refractivity contribution in [3.05, 3.63) is 30.1 Å². The minimum atomic E-state index is -5.99. The van der Waals surface area contributed by atoms with Crippen molar-refractivity contribution in [1.82, 2.24) is 0 Å². The monoisotopic (exact) mass is 325 g/mol. The highest BCUT2D eigenvalue weighted by molar-refractivity contribution is 8.19. The van der Waals surface area contributed by atoms with Crippen LogP contribution in [-0.4, -0.2) is 18.1 Å². The van der Waals surface area contributed by atoms with Crippen LogP contribution < -0.4 is 0 Å². The Morgan fingerprint density at radius 2 is 1.50 bits per heavy atom. The zero-order valence-corrected chi connectivity index (χ0v) is 10.6. The zero-order chi connectivity index (χ0) is 14.2. The molecule has 4 nitrogen and oxygen atoms in total. The quantitative estimate of drug-likeness (QED) is 0.620. The molecule has 11 heteroatoms. The summed E-state index contributed by atoms with van der Waals surface area (Å²) >= 11 is 0. The van der Waals surface area contributed by atoms with E-state index in [1.807, 2.05) is 0 Å². The minimum Gasteiger partial charge on any atom is -0.227 e. The number of hydrogen-bond donors (Lipinski definition) is 0. The summed E-state index contributed by atoms with van der Waals surface area (Å²) < 4.78 is 83.6. The van der Waals surface area contributed by atoms with Gasteiger partial charge in [0.25, 0.3) is 0 Å². The second-order valence-corrected chi connectivity index (χ2v) is 7.56. The first-order valence-electron chi connectivity index (χ1n) is 4.00. The lowest BCUT2D eigenvalue weighted by molar-refractivity contribution is -0.0434. The van der Waals surface area contributed by atoms with E-state index in [2.05, 4.69) is 3.77 Å². The van der Waals surface area contributed by atoms with Crippen molar-refractivity contribution in [3.8, 4) is 0 Å². The topological polar surface area (TPSA) is 63.6 Å². The second kappa shape index (κ2) is 4.67. The highest BCUT2D eigenvalue weighted by Gasteiger charge is 2.47. The molecular formula is C7H4ClF4NO3S2. The molecule has 1 atom stereocenters. The van der Waals surface area contributed by atoms with Gasteiger partial charge >= 0.3 is 15.5 Å². The first kappa shape index (κ1) is 15.2. The van der Waals surface area contributed by atoms with Crippen LogP contribution in [0.2, 0.25) is 0 Å². The van der Waals surface area contributed by atoms with Gasteiger partial charge in [0, 0.05) is 10.7 Å². The van der Waals surface area contributed by atoms with Gasteiger partial charge in [0.05, 0.1) is 4.90 Å². The fourth-order valence-corrected chi connectivity index (χ4v) is 3.95. The average molecular weight is 326 g/mol. The molecule has 0 aromatic heterocycles. The smallest absolute Gasteiger partial charge is 0.227 e. The molecule has 0 radical (unpaired) electrons. The molecule has 0 aliphatic rings. The Kier molecular flexibility index (Phi) is 3.94. The predicted octanol–water partition coefficient (Wildman–Crippen LogP) is 2.66. The summed E-state index contributed by atoms with van der Waals surface area (Å²) in [6, 6.07) is 3.07. The van der Waals surface area contributed by atoms with Crippen molar-refractivity contribution < 1.29 is 30.2 Å². The summed E-state index contributed by atoms with van der Waals surface area (Å²) in [5.41, 5.74) is -5.70. The standard InChI is InChI=1S/C7H4ClF4NO3S2/c8-17(14,6-3-1-5(9)2-4-6)13-18(15,16)7(10,11)12/h1-4H. The van der Waals surface area contributed by atoms with E-state index >= 15 is 0 Å². The van der Waals surface area contributed by atoms with Crippen molar-refractivity contribution in [2.24, 2.45) is 3.77 Å². The lowest BCUT2D eigenvalue weighted by Gasteiger charge is -2.05. The molecule has 1 aromatic rings. The molecule has 1 aromatic carbocycles. The Morgan fingerprint density at radius 1 is 1.06 bits per heavy atom. The van der Waals surface area contributed by atoms with Crippen molar-refractivity contribution in [3.63, 3.8) is 0 Å². The van der Waals surface area contributed by atoms with Gasteiger partial charge in [0.1, 0.15) is 5.82 Å². The lowest BCUT2D eigenvalue weighted by Crippen LogP contribution is -2.21. The van der Waals surface area contributed by atoms with Gasteiger partial charge in [-0.05, 0) is 24.3 Å². The van der Waals surface area contributed by atoms with E-state index < -0.39 is 35.2 Å². The van der Waals surface area contributed by atoms with Gasteiger partial charge in [0.15, 0.2) is 8.94 Å². The van der Waals surface area contributed by atoms with Crippen LogP contribution in [0.15, 0.2) is 32.9 Å². The third kappa shape index (κ3) is 3.33. The Labute approximate surface area is 104 Å².